The van der Waals surface area contributed by atoms with E-state index in [0.29, 0.717) is 0 Å². The summed E-state index contributed by atoms with van der Waals surface area (Å²) in [7, 11) is 0. The summed E-state index contributed by atoms with van der Waals surface area (Å²) < 4.78 is 49.6. The lowest BCUT2D eigenvalue weighted by molar-refractivity contribution is -0.192. The Morgan fingerprint density at radius 1 is 1.30 bits per heavy atom. The molecule has 0 fully saturated rings. The third-order valence-corrected chi connectivity index (χ3v) is 1.81. The van der Waals surface area contributed by atoms with Gasteiger partial charge in [0.2, 0.25) is 5.79 Å². The van der Waals surface area contributed by atoms with E-state index in [4.69, 9.17) is 26.2 Å². The third kappa shape index (κ3) is 7.80. The molecule has 0 spiro atoms. The maximum Gasteiger partial charge on any atom is 0.490 e. The van der Waals surface area contributed by atoms with Crippen molar-refractivity contribution in [3.63, 3.8) is 0 Å². The van der Waals surface area contributed by atoms with Gasteiger partial charge in [0, 0.05) is 19.9 Å². The highest BCUT2D eigenvalue weighted by Gasteiger charge is 2.38. The summed E-state index contributed by atoms with van der Waals surface area (Å²) in [5.41, 5.74) is 0. The quantitative estimate of drug-likeness (QED) is 0.649. The number of carboxylic acid groups (broad SMARTS) is 1. The van der Waals surface area contributed by atoms with E-state index >= 15 is 0 Å². The lowest BCUT2D eigenvalue weighted by atomic mass is 10.3. The van der Waals surface area contributed by atoms with E-state index in [9.17, 15) is 22.7 Å². The molecule has 1 aromatic carbocycles. The van der Waals surface area contributed by atoms with Crippen molar-refractivity contribution in [1.29, 1.82) is 0 Å². The molecular weight excluding hydrogens is 308 g/mol. The molecule has 0 aliphatic rings. The predicted molar refractivity (Wildman–Crippen MR) is 62.0 cm³/mol. The molecule has 0 saturated heterocycles. The van der Waals surface area contributed by atoms with Crippen molar-refractivity contribution in [3.05, 3.63) is 29.0 Å². The summed E-state index contributed by atoms with van der Waals surface area (Å²) in [6, 6.07) is 3.99. The zero-order valence-corrected chi connectivity index (χ0v) is 11.1. The lowest BCUT2D eigenvalue weighted by Crippen LogP contribution is -2.26. The van der Waals surface area contributed by atoms with E-state index in [-0.39, 0.29) is 10.8 Å². The van der Waals surface area contributed by atoms with Gasteiger partial charge in [0.25, 0.3) is 0 Å². The first kappa shape index (κ1) is 18.5. The molecule has 20 heavy (non-hydrogen) atoms. The fourth-order valence-electron chi connectivity index (χ4n) is 0.829. The van der Waals surface area contributed by atoms with Gasteiger partial charge in [-0.05, 0) is 12.1 Å². The number of aliphatic carboxylic acids is 1. The number of hydrogen-bond acceptors (Lipinski definition) is 3. The first-order chi connectivity index (χ1) is 8.83. The number of alkyl halides is 3. The van der Waals surface area contributed by atoms with Crippen LogP contribution in [-0.2, 0) is 4.79 Å². The smallest absolute Gasteiger partial charge is 0.475 e. The molecule has 4 nitrogen and oxygen atoms in total. The fraction of sp³-hybridized carbons (Fsp3) is 0.364. The molecule has 2 N–H and O–H groups in total. The molecule has 0 radical (unpaired) electrons. The summed E-state index contributed by atoms with van der Waals surface area (Å²) in [4.78, 5) is 8.90. The van der Waals surface area contributed by atoms with Crippen LogP contribution in [0.5, 0.6) is 5.75 Å². The molecule has 1 rings (SSSR count). The number of ether oxygens (including phenoxy) is 1. The molecule has 114 valence electrons. The highest BCUT2D eigenvalue weighted by molar-refractivity contribution is 6.30. The van der Waals surface area contributed by atoms with Crippen molar-refractivity contribution >= 4 is 17.6 Å². The third-order valence-electron chi connectivity index (χ3n) is 1.50. The minimum Gasteiger partial charge on any atom is -0.475 e. The number of halogens is 5. The molecular formula is C11H11ClF4O4. The monoisotopic (exact) mass is 318 g/mol. The van der Waals surface area contributed by atoms with Crippen LogP contribution < -0.4 is 4.74 Å². The number of aliphatic hydroxyl groups is 1. The van der Waals surface area contributed by atoms with E-state index in [2.05, 4.69) is 0 Å². The van der Waals surface area contributed by atoms with E-state index < -0.39 is 23.7 Å². The van der Waals surface area contributed by atoms with Crippen LogP contribution in [0.25, 0.3) is 0 Å². The van der Waals surface area contributed by atoms with Crippen LogP contribution in [0.15, 0.2) is 18.2 Å². The van der Waals surface area contributed by atoms with Gasteiger partial charge in [0.1, 0.15) is 11.6 Å². The van der Waals surface area contributed by atoms with Gasteiger partial charge >= 0.3 is 12.1 Å². The van der Waals surface area contributed by atoms with Crippen molar-refractivity contribution in [2.45, 2.75) is 25.8 Å². The largest absolute Gasteiger partial charge is 0.490 e. The molecule has 0 unspecified atom stereocenters. The first-order valence-electron chi connectivity index (χ1n) is 4.99. The number of benzene rings is 1. The van der Waals surface area contributed by atoms with Crippen LogP contribution >= 0.6 is 11.6 Å². The summed E-state index contributed by atoms with van der Waals surface area (Å²) in [5, 5.41) is 16.4. The lowest BCUT2D eigenvalue weighted by Gasteiger charge is -2.19. The average Bonchev–Trinajstić information content (AvgIpc) is 2.21. The Morgan fingerprint density at radius 2 is 1.75 bits per heavy atom. The zero-order valence-electron chi connectivity index (χ0n) is 10.3. The zero-order chi connectivity index (χ0) is 16.1. The molecule has 0 saturated carbocycles. The van der Waals surface area contributed by atoms with E-state index in [0.717, 1.165) is 6.07 Å². The van der Waals surface area contributed by atoms with Crippen LogP contribution in [0.3, 0.4) is 0 Å². The van der Waals surface area contributed by atoms with Crippen molar-refractivity contribution in [3.8, 4) is 5.75 Å². The summed E-state index contributed by atoms with van der Waals surface area (Å²) in [6.45, 7) is 2.92. The Hall–Kier alpha value is -1.54. The van der Waals surface area contributed by atoms with Gasteiger partial charge in [-0.25, -0.2) is 9.18 Å². The summed E-state index contributed by atoms with van der Waals surface area (Å²) in [5.74, 6) is -4.40. The predicted octanol–water partition coefficient (Wildman–Crippen LogP) is 3.22. The topological polar surface area (TPSA) is 66.8 Å². The van der Waals surface area contributed by atoms with E-state index in [1.165, 1.54) is 26.0 Å². The van der Waals surface area contributed by atoms with Crippen LogP contribution in [0.4, 0.5) is 17.6 Å². The molecule has 0 bridgehead atoms. The van der Waals surface area contributed by atoms with Crippen LogP contribution in [0, 0.1) is 5.82 Å². The summed E-state index contributed by atoms with van der Waals surface area (Å²) >= 11 is 5.46. The highest BCUT2D eigenvalue weighted by atomic mass is 35.5. The van der Waals surface area contributed by atoms with Crippen molar-refractivity contribution in [1.82, 2.24) is 0 Å². The van der Waals surface area contributed by atoms with Crippen LogP contribution in [0.2, 0.25) is 5.02 Å². The maximum atomic E-state index is 12.9. The molecule has 1 aromatic rings. The number of hydrogen-bond donors (Lipinski definition) is 2. The van der Waals surface area contributed by atoms with Gasteiger partial charge in [-0.15, -0.1) is 0 Å². The maximum absolute atomic E-state index is 12.9. The van der Waals surface area contributed by atoms with E-state index in [1.54, 1.807) is 0 Å². The Bertz CT molecular complexity index is 468. The molecule has 0 aliphatic heterocycles. The van der Waals surface area contributed by atoms with E-state index in [1.807, 2.05) is 0 Å². The number of carbonyl (C=O) groups is 1. The summed E-state index contributed by atoms with van der Waals surface area (Å²) in [6.07, 6.45) is -5.08. The SMILES string of the molecule is CC(C)(O)Oc1ccc(Cl)c(F)c1.O=C(O)C(F)(F)F. The number of carboxylic acids is 1. The highest BCUT2D eigenvalue weighted by Crippen LogP contribution is 2.22. The average molecular weight is 319 g/mol. The van der Waals surface area contributed by atoms with Gasteiger partial charge in [0.15, 0.2) is 0 Å². The van der Waals surface area contributed by atoms with Gasteiger partial charge in [-0.3, -0.25) is 0 Å². The standard InChI is InChI=1S/C9H10ClFO2.C2HF3O2/c1-9(2,12)13-6-3-4-7(10)8(11)5-6;3-2(4,5)1(6)7/h3-5,12H,1-2H3;(H,6,7). The Kier molecular flexibility index (Phi) is 6.24. The molecule has 0 atom stereocenters. The van der Waals surface area contributed by atoms with Gasteiger partial charge in [0.05, 0.1) is 5.02 Å². The van der Waals surface area contributed by atoms with Crippen LogP contribution in [0.1, 0.15) is 13.8 Å². The second-order valence-electron chi connectivity index (χ2n) is 3.93. The molecule has 0 amide bonds. The van der Waals surface area contributed by atoms with Crippen LogP contribution in [-0.4, -0.2) is 28.1 Å². The number of rotatable bonds is 2. The Labute approximate surface area is 116 Å². The Balaban J connectivity index is 0.000000441. The molecule has 9 heteroatoms. The molecule has 0 aliphatic carbocycles. The minimum atomic E-state index is -5.08. The van der Waals surface area contributed by atoms with Gasteiger partial charge < -0.3 is 14.9 Å². The van der Waals surface area contributed by atoms with Gasteiger partial charge in [-0.2, -0.15) is 13.2 Å². The second kappa shape index (κ2) is 6.76. The minimum absolute atomic E-state index is 0.0306. The van der Waals surface area contributed by atoms with Gasteiger partial charge in [-0.1, -0.05) is 11.6 Å². The Morgan fingerprint density at radius 3 is 2.05 bits per heavy atom. The second-order valence-corrected chi connectivity index (χ2v) is 4.33. The van der Waals surface area contributed by atoms with Crippen molar-refractivity contribution in [2.75, 3.05) is 0 Å². The normalized spacial score (nSPS) is 11.4. The molecule has 0 aromatic heterocycles. The molecule has 0 heterocycles. The first-order valence-corrected chi connectivity index (χ1v) is 5.37. The van der Waals surface area contributed by atoms with Crippen molar-refractivity contribution < 1.29 is 37.3 Å². The fourth-order valence-corrected chi connectivity index (χ4v) is 0.946. The van der Waals surface area contributed by atoms with Crippen molar-refractivity contribution in [2.24, 2.45) is 0 Å².